The normalized spacial score (nSPS) is 11.8. The summed E-state index contributed by atoms with van der Waals surface area (Å²) < 4.78 is 23.0. The topological polar surface area (TPSA) is 25.8 Å². The van der Waals surface area contributed by atoms with Gasteiger partial charge in [-0.05, 0) is 0 Å². The molecule has 1 rings (SSSR count). The molecule has 1 heterocycles. The molecule has 0 bridgehead atoms. The molecule has 0 N–H and O–H groups in total. The van der Waals surface area contributed by atoms with Crippen molar-refractivity contribution in [3.63, 3.8) is 0 Å². The van der Waals surface area contributed by atoms with E-state index < -0.39 is 26.5 Å². The highest BCUT2D eigenvalue weighted by Gasteiger charge is 2.30. The molecule has 72 valence electrons. The Bertz CT molecular complexity index is 338. The van der Waals surface area contributed by atoms with Crippen LogP contribution >= 0.6 is 46.4 Å². The van der Waals surface area contributed by atoms with Crippen molar-refractivity contribution >= 4 is 46.4 Å². The molecule has 0 aliphatic heterocycles. The number of nitrogens with zero attached hydrogens (tertiary/aromatic N) is 2. The molecule has 0 spiro atoms. The molecule has 0 atom stereocenters. The van der Waals surface area contributed by atoms with E-state index in [-0.39, 0.29) is 0 Å². The monoisotopic (exact) mass is 266 g/mol. The number of hydrogen-bond donors (Lipinski definition) is 0. The van der Waals surface area contributed by atoms with Crippen LogP contribution in [0.4, 0.5) is 8.78 Å². The van der Waals surface area contributed by atoms with Gasteiger partial charge >= 0.3 is 6.08 Å². The molecule has 8 heteroatoms. The van der Waals surface area contributed by atoms with Gasteiger partial charge in [0.15, 0.2) is 0 Å². The van der Waals surface area contributed by atoms with Crippen LogP contribution in [0.25, 0.3) is 0 Å². The fourth-order valence-electron chi connectivity index (χ4n) is 0.582. The van der Waals surface area contributed by atoms with E-state index in [1.165, 1.54) is 0 Å². The predicted octanol–water partition coefficient (Wildman–Crippen LogP) is 3.23. The Morgan fingerprint density at radius 3 is 2.08 bits per heavy atom. The smallest absolute Gasteiger partial charge is 0.201 e. The van der Waals surface area contributed by atoms with E-state index >= 15 is 0 Å². The van der Waals surface area contributed by atoms with Gasteiger partial charge < -0.3 is 0 Å². The van der Waals surface area contributed by atoms with E-state index in [0.29, 0.717) is 0 Å². The Balaban J connectivity index is 3.37. The van der Waals surface area contributed by atoms with E-state index in [2.05, 4.69) is 9.97 Å². The summed E-state index contributed by atoms with van der Waals surface area (Å²) >= 11 is 21.3. The first-order chi connectivity index (χ1) is 5.82. The summed E-state index contributed by atoms with van der Waals surface area (Å²) in [6.07, 6.45) is -1.34. The van der Waals surface area contributed by atoms with Gasteiger partial charge in [-0.15, -0.1) is 0 Å². The second-order valence-electron chi connectivity index (χ2n) is 1.94. The van der Waals surface area contributed by atoms with Crippen LogP contribution in [0, 0.1) is 12.0 Å². The number of rotatable bonds is 0. The van der Waals surface area contributed by atoms with E-state index in [1.807, 2.05) is 0 Å². The largest absolute Gasteiger partial charge is 0.311 e. The first-order valence-electron chi connectivity index (χ1n) is 2.78. The Labute approximate surface area is 91.8 Å². The van der Waals surface area contributed by atoms with Crippen LogP contribution in [-0.2, 0) is 3.79 Å². The maximum Gasteiger partial charge on any atom is 0.311 e. The highest BCUT2D eigenvalue weighted by Crippen LogP contribution is 2.40. The van der Waals surface area contributed by atoms with Gasteiger partial charge in [0.2, 0.25) is 9.74 Å². The van der Waals surface area contributed by atoms with Crippen molar-refractivity contribution in [3.8, 4) is 0 Å². The minimum atomic E-state index is -2.08. The lowest BCUT2D eigenvalue weighted by atomic mass is 10.4. The lowest BCUT2D eigenvalue weighted by Crippen LogP contribution is -2.09. The van der Waals surface area contributed by atoms with Crippen LogP contribution in [0.3, 0.4) is 0 Å². The molecule has 0 saturated carbocycles. The fraction of sp³-hybridized carbons (Fsp3) is 0.200. The van der Waals surface area contributed by atoms with Crippen LogP contribution < -0.4 is 0 Å². The predicted molar refractivity (Wildman–Crippen MR) is 46.2 cm³/mol. The van der Waals surface area contributed by atoms with Crippen molar-refractivity contribution in [2.75, 3.05) is 0 Å². The quantitative estimate of drug-likeness (QED) is 0.410. The summed E-state index contributed by atoms with van der Waals surface area (Å²) in [5.41, 5.74) is -0.524. The SMILES string of the molecule is Fc1nc(F)c(Cl)c(C(Cl)(Cl)Cl)n1. The third-order valence-electron chi connectivity index (χ3n) is 1.05. The van der Waals surface area contributed by atoms with Crippen LogP contribution in [0.5, 0.6) is 0 Å². The van der Waals surface area contributed by atoms with Gasteiger partial charge in [-0.2, -0.15) is 13.8 Å². The summed E-state index contributed by atoms with van der Waals surface area (Å²) in [5.74, 6) is -1.27. The average molecular weight is 268 g/mol. The first-order valence-corrected chi connectivity index (χ1v) is 4.29. The number of halogens is 6. The number of aromatic nitrogens is 2. The molecule has 0 amide bonds. The van der Waals surface area contributed by atoms with Crippen molar-refractivity contribution in [2.24, 2.45) is 0 Å². The molecule has 0 aliphatic rings. The van der Waals surface area contributed by atoms with E-state index in [4.69, 9.17) is 46.4 Å². The van der Waals surface area contributed by atoms with Gasteiger partial charge in [-0.25, -0.2) is 4.98 Å². The third kappa shape index (κ3) is 2.53. The van der Waals surface area contributed by atoms with Gasteiger partial charge in [-0.1, -0.05) is 46.4 Å². The van der Waals surface area contributed by atoms with Gasteiger partial charge in [0.05, 0.1) is 0 Å². The van der Waals surface area contributed by atoms with Gasteiger partial charge in [-0.3, -0.25) is 0 Å². The number of hydrogen-bond acceptors (Lipinski definition) is 2. The maximum absolute atomic E-state index is 12.7. The van der Waals surface area contributed by atoms with Crippen LogP contribution in [-0.4, -0.2) is 9.97 Å². The molecule has 13 heavy (non-hydrogen) atoms. The van der Waals surface area contributed by atoms with Crippen molar-refractivity contribution in [3.05, 3.63) is 22.7 Å². The molecular formula is C5Cl4F2N2. The lowest BCUT2D eigenvalue weighted by molar-refractivity contribution is 0.477. The fourth-order valence-corrected chi connectivity index (χ4v) is 1.36. The molecule has 1 aromatic heterocycles. The minimum absolute atomic E-state index is 0.524. The van der Waals surface area contributed by atoms with Crippen molar-refractivity contribution in [1.82, 2.24) is 9.97 Å². The van der Waals surface area contributed by atoms with Crippen LogP contribution in [0.2, 0.25) is 5.02 Å². The first kappa shape index (κ1) is 11.2. The maximum atomic E-state index is 12.7. The van der Waals surface area contributed by atoms with E-state index in [9.17, 15) is 8.78 Å². The minimum Gasteiger partial charge on any atom is -0.201 e. The summed E-state index contributed by atoms with van der Waals surface area (Å²) in [5, 5.41) is -0.610. The summed E-state index contributed by atoms with van der Waals surface area (Å²) in [7, 11) is 0. The summed E-state index contributed by atoms with van der Waals surface area (Å²) in [4.78, 5) is 5.75. The van der Waals surface area contributed by atoms with Crippen molar-refractivity contribution in [2.45, 2.75) is 3.79 Å². The zero-order valence-corrected chi connectivity index (χ0v) is 8.69. The Kier molecular flexibility index (Phi) is 3.17. The number of alkyl halides is 3. The molecule has 0 saturated heterocycles. The van der Waals surface area contributed by atoms with Gasteiger partial charge in [0.1, 0.15) is 10.7 Å². The highest BCUT2D eigenvalue weighted by molar-refractivity contribution is 6.67. The average Bonchev–Trinajstić information content (AvgIpc) is 1.94. The van der Waals surface area contributed by atoms with Gasteiger partial charge in [0, 0.05) is 0 Å². The summed E-state index contributed by atoms with van der Waals surface area (Å²) in [6.45, 7) is 0. The van der Waals surface area contributed by atoms with Crippen LogP contribution in [0.15, 0.2) is 0 Å². The molecule has 0 fully saturated rings. The van der Waals surface area contributed by atoms with Crippen LogP contribution in [0.1, 0.15) is 5.69 Å². The third-order valence-corrected chi connectivity index (χ3v) is 1.92. The Morgan fingerprint density at radius 2 is 1.62 bits per heavy atom. The second-order valence-corrected chi connectivity index (χ2v) is 4.60. The van der Waals surface area contributed by atoms with Gasteiger partial charge in [0.25, 0.3) is 0 Å². The summed E-state index contributed by atoms with van der Waals surface area (Å²) in [6, 6.07) is 0. The Hall–Kier alpha value is 0.1000. The van der Waals surface area contributed by atoms with E-state index in [0.717, 1.165) is 0 Å². The standard InChI is InChI=1S/C5Cl4F2N2/c6-1-2(5(7,8)9)12-4(11)13-3(1)10. The molecule has 0 aromatic carbocycles. The molecule has 2 nitrogen and oxygen atoms in total. The molecule has 1 aromatic rings. The van der Waals surface area contributed by atoms with Crippen molar-refractivity contribution < 1.29 is 8.78 Å². The van der Waals surface area contributed by atoms with E-state index in [1.54, 1.807) is 0 Å². The molecule has 0 aliphatic carbocycles. The molecular weight excluding hydrogens is 268 g/mol. The lowest BCUT2D eigenvalue weighted by Gasteiger charge is -2.11. The zero-order valence-electron chi connectivity index (χ0n) is 5.66. The zero-order chi connectivity index (χ0) is 10.2. The highest BCUT2D eigenvalue weighted by atomic mass is 35.6. The molecule has 0 unspecified atom stereocenters. The Morgan fingerprint density at radius 1 is 1.08 bits per heavy atom. The molecule has 0 radical (unpaired) electrons. The van der Waals surface area contributed by atoms with Crippen molar-refractivity contribution in [1.29, 1.82) is 0 Å². The second kappa shape index (κ2) is 3.69.